The van der Waals surface area contributed by atoms with E-state index in [0.29, 0.717) is 28.2 Å². The SMILES string of the molecule is O=C(/C=C/c1ccc(Cl)c(Cl)c1)N1CCN(c2ccc(Cl)cn2)CC1. The number of anilines is 1. The van der Waals surface area contributed by atoms with Gasteiger partial charge in [-0.05, 0) is 35.9 Å². The highest BCUT2D eigenvalue weighted by atomic mass is 35.5. The third-order valence-electron chi connectivity index (χ3n) is 3.99. The standard InChI is InChI=1S/C18H16Cl3N3O/c19-14-3-5-17(22-12-14)23-7-9-24(10-8-23)18(25)6-2-13-1-4-15(20)16(21)11-13/h1-6,11-12H,7-10H2/b6-2+. The maximum absolute atomic E-state index is 12.3. The molecule has 3 rings (SSSR count). The third kappa shape index (κ3) is 4.66. The molecule has 0 atom stereocenters. The highest BCUT2D eigenvalue weighted by Gasteiger charge is 2.20. The summed E-state index contributed by atoms with van der Waals surface area (Å²) in [6.07, 6.45) is 4.95. The van der Waals surface area contributed by atoms with Crippen molar-refractivity contribution in [3.05, 3.63) is 63.2 Å². The first-order valence-corrected chi connectivity index (χ1v) is 8.95. The van der Waals surface area contributed by atoms with Gasteiger partial charge < -0.3 is 9.80 Å². The number of carbonyl (C=O) groups excluding carboxylic acids is 1. The van der Waals surface area contributed by atoms with Crippen molar-refractivity contribution in [2.24, 2.45) is 0 Å². The quantitative estimate of drug-likeness (QED) is 0.721. The maximum atomic E-state index is 12.3. The van der Waals surface area contributed by atoms with Gasteiger partial charge in [0.05, 0.1) is 15.1 Å². The Labute approximate surface area is 161 Å². The van der Waals surface area contributed by atoms with E-state index in [2.05, 4.69) is 9.88 Å². The minimum atomic E-state index is -0.0187. The van der Waals surface area contributed by atoms with E-state index in [9.17, 15) is 4.79 Å². The molecule has 1 aliphatic heterocycles. The summed E-state index contributed by atoms with van der Waals surface area (Å²) in [5, 5.41) is 1.59. The van der Waals surface area contributed by atoms with E-state index in [0.717, 1.165) is 24.5 Å². The van der Waals surface area contributed by atoms with Crippen molar-refractivity contribution in [3.8, 4) is 0 Å². The number of aromatic nitrogens is 1. The van der Waals surface area contributed by atoms with Crippen LogP contribution < -0.4 is 4.90 Å². The molecule has 1 saturated heterocycles. The fourth-order valence-corrected chi connectivity index (χ4v) is 3.02. The molecule has 1 aromatic heterocycles. The molecule has 0 saturated carbocycles. The molecule has 7 heteroatoms. The largest absolute Gasteiger partial charge is 0.353 e. The molecule has 2 heterocycles. The molecule has 2 aromatic rings. The molecule has 0 aliphatic carbocycles. The number of amides is 1. The van der Waals surface area contributed by atoms with E-state index < -0.39 is 0 Å². The molecule has 1 amide bonds. The Kier molecular flexibility index (Phi) is 5.84. The van der Waals surface area contributed by atoms with Crippen LogP contribution in [-0.2, 0) is 4.79 Å². The molecular weight excluding hydrogens is 381 g/mol. The van der Waals surface area contributed by atoms with Crippen LogP contribution >= 0.6 is 34.8 Å². The molecule has 0 bridgehead atoms. The molecule has 130 valence electrons. The average molecular weight is 397 g/mol. The minimum absolute atomic E-state index is 0.0187. The Morgan fingerprint density at radius 1 is 1.00 bits per heavy atom. The van der Waals surface area contributed by atoms with E-state index >= 15 is 0 Å². The van der Waals surface area contributed by atoms with E-state index in [1.54, 1.807) is 30.5 Å². The Morgan fingerprint density at radius 2 is 1.76 bits per heavy atom. The number of carbonyl (C=O) groups is 1. The van der Waals surface area contributed by atoms with Gasteiger partial charge in [-0.25, -0.2) is 4.98 Å². The van der Waals surface area contributed by atoms with Gasteiger partial charge in [0.1, 0.15) is 5.82 Å². The van der Waals surface area contributed by atoms with Crippen molar-refractivity contribution in [2.75, 3.05) is 31.1 Å². The Balaban J connectivity index is 1.56. The predicted octanol–water partition coefficient (Wildman–Crippen LogP) is 4.40. The third-order valence-corrected chi connectivity index (χ3v) is 4.95. The Hall–Kier alpha value is -1.75. The first-order valence-electron chi connectivity index (χ1n) is 7.81. The number of halogens is 3. The van der Waals surface area contributed by atoms with E-state index in [4.69, 9.17) is 34.8 Å². The summed E-state index contributed by atoms with van der Waals surface area (Å²) in [5.41, 5.74) is 0.840. The zero-order valence-corrected chi connectivity index (χ0v) is 15.6. The van der Waals surface area contributed by atoms with Gasteiger partial charge in [0.15, 0.2) is 0 Å². The van der Waals surface area contributed by atoms with Gasteiger partial charge in [-0.2, -0.15) is 0 Å². The number of hydrogen-bond donors (Lipinski definition) is 0. The number of pyridine rings is 1. The van der Waals surface area contributed by atoms with Crippen molar-refractivity contribution in [1.82, 2.24) is 9.88 Å². The number of hydrogen-bond acceptors (Lipinski definition) is 3. The molecule has 25 heavy (non-hydrogen) atoms. The van der Waals surface area contributed by atoms with Gasteiger partial charge in [-0.15, -0.1) is 0 Å². The monoisotopic (exact) mass is 395 g/mol. The van der Waals surface area contributed by atoms with Gasteiger partial charge in [0.2, 0.25) is 5.91 Å². The van der Waals surface area contributed by atoms with Crippen LogP contribution in [0.1, 0.15) is 5.56 Å². The lowest BCUT2D eigenvalue weighted by Crippen LogP contribution is -2.48. The zero-order chi connectivity index (χ0) is 17.8. The first kappa shape index (κ1) is 18.1. The summed E-state index contributed by atoms with van der Waals surface area (Å²) in [5.74, 6) is 0.859. The van der Waals surface area contributed by atoms with Crippen LogP contribution in [0.25, 0.3) is 6.08 Å². The highest BCUT2D eigenvalue weighted by Crippen LogP contribution is 2.23. The molecule has 1 aromatic carbocycles. The normalized spacial score (nSPS) is 15.0. The van der Waals surface area contributed by atoms with Crippen molar-refractivity contribution in [1.29, 1.82) is 0 Å². The molecule has 0 radical (unpaired) electrons. The summed E-state index contributed by atoms with van der Waals surface area (Å²) < 4.78 is 0. The van der Waals surface area contributed by atoms with Crippen LogP contribution in [-0.4, -0.2) is 42.0 Å². The number of rotatable bonds is 3. The van der Waals surface area contributed by atoms with Crippen LogP contribution in [0.2, 0.25) is 15.1 Å². The van der Waals surface area contributed by atoms with Crippen LogP contribution in [0.15, 0.2) is 42.6 Å². The van der Waals surface area contributed by atoms with Crippen molar-refractivity contribution < 1.29 is 4.79 Å². The summed E-state index contributed by atoms with van der Waals surface area (Å²) >= 11 is 17.7. The lowest BCUT2D eigenvalue weighted by Gasteiger charge is -2.34. The van der Waals surface area contributed by atoms with Crippen molar-refractivity contribution >= 4 is 52.6 Å². The fourth-order valence-electron chi connectivity index (χ4n) is 2.60. The molecular formula is C18H16Cl3N3O. The fraction of sp³-hybridized carbons (Fsp3) is 0.222. The van der Waals surface area contributed by atoms with E-state index in [1.807, 2.05) is 23.1 Å². The van der Waals surface area contributed by atoms with Crippen molar-refractivity contribution in [2.45, 2.75) is 0 Å². The number of benzene rings is 1. The Bertz CT molecular complexity index is 785. The van der Waals surface area contributed by atoms with Crippen molar-refractivity contribution in [3.63, 3.8) is 0 Å². The zero-order valence-electron chi connectivity index (χ0n) is 13.3. The number of nitrogens with zero attached hydrogens (tertiary/aromatic N) is 3. The topological polar surface area (TPSA) is 36.4 Å². The van der Waals surface area contributed by atoms with Gasteiger partial charge in [0.25, 0.3) is 0 Å². The molecule has 1 fully saturated rings. The van der Waals surface area contributed by atoms with E-state index in [-0.39, 0.29) is 5.91 Å². The summed E-state index contributed by atoms with van der Waals surface area (Å²) in [4.78, 5) is 20.6. The van der Waals surface area contributed by atoms with Gasteiger partial charge in [0, 0.05) is 38.5 Å². The number of piperazine rings is 1. The summed E-state index contributed by atoms with van der Waals surface area (Å²) in [6.45, 7) is 2.77. The average Bonchev–Trinajstić information content (AvgIpc) is 2.63. The van der Waals surface area contributed by atoms with Gasteiger partial charge in [-0.3, -0.25) is 4.79 Å². The lowest BCUT2D eigenvalue weighted by molar-refractivity contribution is -0.126. The second-order valence-electron chi connectivity index (χ2n) is 5.65. The highest BCUT2D eigenvalue weighted by molar-refractivity contribution is 6.42. The molecule has 0 unspecified atom stereocenters. The molecule has 0 spiro atoms. The van der Waals surface area contributed by atoms with Crippen LogP contribution in [0.3, 0.4) is 0 Å². The molecule has 1 aliphatic rings. The lowest BCUT2D eigenvalue weighted by atomic mass is 10.2. The molecule has 4 nitrogen and oxygen atoms in total. The van der Waals surface area contributed by atoms with Gasteiger partial charge >= 0.3 is 0 Å². The van der Waals surface area contributed by atoms with Crippen LogP contribution in [0.5, 0.6) is 0 Å². The summed E-state index contributed by atoms with van der Waals surface area (Å²) in [6, 6.07) is 8.98. The smallest absolute Gasteiger partial charge is 0.246 e. The second kappa shape index (κ2) is 8.09. The maximum Gasteiger partial charge on any atom is 0.246 e. The Morgan fingerprint density at radius 3 is 2.40 bits per heavy atom. The van der Waals surface area contributed by atoms with Crippen LogP contribution in [0.4, 0.5) is 5.82 Å². The summed E-state index contributed by atoms with van der Waals surface area (Å²) in [7, 11) is 0. The minimum Gasteiger partial charge on any atom is -0.353 e. The predicted molar refractivity (Wildman–Crippen MR) is 104 cm³/mol. The van der Waals surface area contributed by atoms with Gasteiger partial charge in [-0.1, -0.05) is 40.9 Å². The molecule has 0 N–H and O–H groups in total. The van der Waals surface area contributed by atoms with E-state index in [1.165, 1.54) is 0 Å². The van der Waals surface area contributed by atoms with Crippen LogP contribution in [0, 0.1) is 0 Å². The second-order valence-corrected chi connectivity index (χ2v) is 6.90. The first-order chi connectivity index (χ1) is 12.0.